The fourth-order valence-electron chi connectivity index (χ4n) is 2.86. The fraction of sp³-hybridized carbons (Fsp3) is 0.562. The van der Waals surface area contributed by atoms with Crippen molar-refractivity contribution in [2.45, 2.75) is 45.6 Å². The zero-order valence-electron chi connectivity index (χ0n) is 12.5. The second-order valence-electron chi connectivity index (χ2n) is 6.56. The highest BCUT2D eigenvalue weighted by molar-refractivity contribution is 9.10. The third kappa shape index (κ3) is 3.62. The van der Waals surface area contributed by atoms with Gasteiger partial charge in [0, 0.05) is 17.6 Å². The zero-order valence-corrected chi connectivity index (χ0v) is 14.1. The van der Waals surface area contributed by atoms with E-state index in [1.54, 1.807) is 7.05 Å². The van der Waals surface area contributed by atoms with Crippen LogP contribution < -0.4 is 0 Å². The van der Waals surface area contributed by atoms with Crippen molar-refractivity contribution in [3.05, 3.63) is 33.8 Å². The van der Waals surface area contributed by atoms with Crippen molar-refractivity contribution in [2.24, 2.45) is 5.41 Å². The Morgan fingerprint density at radius 3 is 2.19 bits per heavy atom. The molecule has 0 bridgehead atoms. The average molecular weight is 360 g/mol. The van der Waals surface area contributed by atoms with Gasteiger partial charge in [-0.2, -0.15) is 0 Å². The largest absolute Gasteiger partial charge is 0.339 e. The summed E-state index contributed by atoms with van der Waals surface area (Å²) >= 11 is 3.02. The van der Waals surface area contributed by atoms with Crippen molar-refractivity contribution >= 4 is 21.8 Å². The summed E-state index contributed by atoms with van der Waals surface area (Å²) in [5.74, 6) is -2.23. The highest BCUT2D eigenvalue weighted by atomic mass is 79.9. The molecule has 2 nitrogen and oxygen atoms in total. The van der Waals surface area contributed by atoms with Crippen LogP contribution in [0.5, 0.6) is 0 Å². The Morgan fingerprint density at radius 2 is 1.71 bits per heavy atom. The summed E-state index contributed by atoms with van der Waals surface area (Å²) in [6.45, 7) is 4.41. The van der Waals surface area contributed by atoms with E-state index in [9.17, 15) is 13.6 Å². The molecule has 116 valence electrons. The van der Waals surface area contributed by atoms with Gasteiger partial charge >= 0.3 is 0 Å². The van der Waals surface area contributed by atoms with E-state index in [1.165, 1.54) is 4.90 Å². The minimum absolute atomic E-state index is 0.0490. The molecule has 0 aliphatic heterocycles. The summed E-state index contributed by atoms with van der Waals surface area (Å²) in [6, 6.07) is 2.29. The molecule has 0 radical (unpaired) electrons. The van der Waals surface area contributed by atoms with Crippen LogP contribution in [-0.4, -0.2) is 23.9 Å². The Kier molecular flexibility index (Phi) is 4.71. The molecule has 21 heavy (non-hydrogen) atoms. The third-order valence-electron chi connectivity index (χ3n) is 4.40. The molecule has 1 aliphatic carbocycles. The topological polar surface area (TPSA) is 20.3 Å². The Labute approximate surface area is 132 Å². The van der Waals surface area contributed by atoms with Gasteiger partial charge in [-0.15, -0.1) is 0 Å². The summed E-state index contributed by atoms with van der Waals surface area (Å²) < 4.78 is 28.1. The van der Waals surface area contributed by atoms with Gasteiger partial charge in [-0.25, -0.2) is 8.78 Å². The van der Waals surface area contributed by atoms with E-state index >= 15 is 0 Å². The summed E-state index contributed by atoms with van der Waals surface area (Å²) in [6.07, 6.45) is 3.77. The minimum Gasteiger partial charge on any atom is -0.339 e. The number of carbonyl (C=O) groups is 1. The summed E-state index contributed by atoms with van der Waals surface area (Å²) in [7, 11) is 1.63. The molecule has 0 spiro atoms. The third-order valence-corrected chi connectivity index (χ3v) is 4.86. The first kappa shape index (κ1) is 16.4. The Bertz CT molecular complexity index is 526. The second-order valence-corrected chi connectivity index (χ2v) is 7.47. The van der Waals surface area contributed by atoms with E-state index in [2.05, 4.69) is 29.8 Å². The molecule has 0 unspecified atom stereocenters. The van der Waals surface area contributed by atoms with Crippen LogP contribution in [0.4, 0.5) is 8.78 Å². The first-order chi connectivity index (χ1) is 9.71. The van der Waals surface area contributed by atoms with E-state index in [-0.39, 0.29) is 15.9 Å². The molecule has 0 heterocycles. The second kappa shape index (κ2) is 6.03. The Hall–Kier alpha value is -0.970. The molecule has 1 saturated carbocycles. The molecular formula is C16H20BrF2NO. The highest BCUT2D eigenvalue weighted by Gasteiger charge is 2.32. The van der Waals surface area contributed by atoms with E-state index in [4.69, 9.17) is 0 Å². The van der Waals surface area contributed by atoms with Crippen molar-refractivity contribution < 1.29 is 13.6 Å². The van der Waals surface area contributed by atoms with Crippen molar-refractivity contribution in [1.29, 1.82) is 0 Å². The van der Waals surface area contributed by atoms with Gasteiger partial charge in [0.2, 0.25) is 0 Å². The van der Waals surface area contributed by atoms with Crippen LogP contribution in [0.25, 0.3) is 0 Å². The normalized spacial score (nSPS) is 18.6. The van der Waals surface area contributed by atoms with Gasteiger partial charge in [0.05, 0.1) is 0 Å². The molecule has 2 rings (SSSR count). The average Bonchev–Trinajstić information content (AvgIpc) is 2.36. The molecule has 0 saturated heterocycles. The van der Waals surface area contributed by atoms with Gasteiger partial charge in [0.15, 0.2) is 0 Å². The van der Waals surface area contributed by atoms with Gasteiger partial charge < -0.3 is 4.90 Å². The maximum absolute atomic E-state index is 13.9. The fourth-order valence-corrected chi connectivity index (χ4v) is 3.26. The maximum atomic E-state index is 13.9. The number of hydrogen-bond donors (Lipinski definition) is 0. The van der Waals surface area contributed by atoms with Crippen LogP contribution in [0.1, 0.15) is 49.9 Å². The Balaban J connectivity index is 2.17. The summed E-state index contributed by atoms with van der Waals surface area (Å²) in [5.41, 5.74) is -0.181. The van der Waals surface area contributed by atoms with Crippen molar-refractivity contribution in [1.82, 2.24) is 4.90 Å². The highest BCUT2D eigenvalue weighted by Crippen LogP contribution is 2.37. The lowest BCUT2D eigenvalue weighted by atomic mass is 9.75. The molecule has 0 aromatic heterocycles. The van der Waals surface area contributed by atoms with Crippen molar-refractivity contribution in [3.63, 3.8) is 0 Å². The van der Waals surface area contributed by atoms with Crippen LogP contribution in [0, 0.1) is 17.0 Å². The quantitative estimate of drug-likeness (QED) is 0.744. The number of amides is 1. The smallest absolute Gasteiger partial charge is 0.259 e. The van der Waals surface area contributed by atoms with Crippen LogP contribution in [0.15, 0.2) is 16.6 Å². The Morgan fingerprint density at radius 1 is 1.24 bits per heavy atom. The number of nitrogens with zero attached hydrogens (tertiary/aromatic N) is 1. The van der Waals surface area contributed by atoms with Crippen molar-refractivity contribution in [2.75, 3.05) is 7.05 Å². The SMILES string of the molecule is CN(C(=O)c1c(F)cc(Br)cc1F)C1CCC(C)(C)CC1. The lowest BCUT2D eigenvalue weighted by molar-refractivity contribution is 0.0626. The first-order valence-electron chi connectivity index (χ1n) is 7.13. The van der Waals surface area contributed by atoms with Gasteiger partial charge in [-0.05, 0) is 43.2 Å². The minimum atomic E-state index is -0.824. The number of hydrogen-bond acceptors (Lipinski definition) is 1. The molecule has 5 heteroatoms. The van der Waals surface area contributed by atoms with Crippen LogP contribution in [-0.2, 0) is 0 Å². The number of rotatable bonds is 2. The van der Waals surface area contributed by atoms with Crippen LogP contribution in [0.3, 0.4) is 0 Å². The van der Waals surface area contributed by atoms with E-state index in [0.717, 1.165) is 37.8 Å². The predicted molar refractivity (Wildman–Crippen MR) is 82.2 cm³/mol. The summed E-state index contributed by atoms with van der Waals surface area (Å²) in [4.78, 5) is 13.9. The van der Waals surface area contributed by atoms with Crippen LogP contribution >= 0.6 is 15.9 Å². The molecule has 1 aliphatic rings. The zero-order chi connectivity index (χ0) is 15.8. The van der Waals surface area contributed by atoms with Crippen LogP contribution in [0.2, 0.25) is 0 Å². The maximum Gasteiger partial charge on any atom is 0.259 e. The molecular weight excluding hydrogens is 340 g/mol. The molecule has 0 atom stereocenters. The number of halogens is 3. The number of carbonyl (C=O) groups excluding carboxylic acids is 1. The lowest BCUT2D eigenvalue weighted by Crippen LogP contribution is -2.41. The van der Waals surface area contributed by atoms with E-state index in [1.807, 2.05) is 0 Å². The molecule has 1 amide bonds. The van der Waals surface area contributed by atoms with E-state index < -0.39 is 23.1 Å². The first-order valence-corrected chi connectivity index (χ1v) is 7.92. The monoisotopic (exact) mass is 359 g/mol. The standard InChI is InChI=1S/C16H20BrF2NO/c1-16(2)6-4-11(5-7-16)20(3)15(21)14-12(18)8-10(17)9-13(14)19/h8-9,11H,4-7H2,1-3H3. The predicted octanol–water partition coefficient (Wildman–Crippen LogP) is 4.77. The molecule has 1 aromatic rings. The van der Waals surface area contributed by atoms with Gasteiger partial charge in [0.25, 0.3) is 5.91 Å². The molecule has 0 N–H and O–H groups in total. The molecule has 1 fully saturated rings. The van der Waals surface area contributed by atoms with Gasteiger partial charge in [-0.3, -0.25) is 4.79 Å². The lowest BCUT2D eigenvalue weighted by Gasteiger charge is -2.38. The summed E-state index contributed by atoms with van der Waals surface area (Å²) in [5, 5.41) is 0. The van der Waals surface area contributed by atoms with Gasteiger partial charge in [0.1, 0.15) is 17.2 Å². The van der Waals surface area contributed by atoms with Crippen molar-refractivity contribution in [3.8, 4) is 0 Å². The van der Waals surface area contributed by atoms with Gasteiger partial charge in [-0.1, -0.05) is 29.8 Å². The van der Waals surface area contributed by atoms with E-state index in [0.29, 0.717) is 0 Å². The molecule has 1 aromatic carbocycles. The number of benzene rings is 1.